The minimum Gasteiger partial charge on any atom is -0.490 e. The lowest BCUT2D eigenvalue weighted by Gasteiger charge is -2.11. The average molecular weight is 462 g/mol. The predicted molar refractivity (Wildman–Crippen MR) is 110 cm³/mol. The van der Waals surface area contributed by atoms with Crippen LogP contribution in [0.1, 0.15) is 18.1 Å². The topological polar surface area (TPSA) is 81.7 Å². The number of thioether (sulfide) groups is 1. The van der Waals surface area contributed by atoms with E-state index in [0.717, 1.165) is 21.8 Å². The maximum absolute atomic E-state index is 12.3. The zero-order chi connectivity index (χ0) is 20.1. The summed E-state index contributed by atoms with van der Waals surface area (Å²) in [6.45, 7) is 2.20. The van der Waals surface area contributed by atoms with Crippen LogP contribution in [0.4, 0.5) is 4.79 Å². The summed E-state index contributed by atoms with van der Waals surface area (Å²) in [4.78, 5) is 35.5. The van der Waals surface area contributed by atoms with E-state index in [1.807, 2.05) is 31.2 Å². The minimum absolute atomic E-state index is 0.129. The molecule has 0 atom stereocenters. The van der Waals surface area contributed by atoms with Gasteiger partial charge >= 0.3 is 5.97 Å². The molecular formula is C20H16BrNO5S. The van der Waals surface area contributed by atoms with Crippen molar-refractivity contribution in [2.75, 3.05) is 6.61 Å². The molecule has 1 saturated heterocycles. The van der Waals surface area contributed by atoms with Gasteiger partial charge in [-0.25, -0.2) is 0 Å². The second-order valence-corrected chi connectivity index (χ2v) is 7.70. The van der Waals surface area contributed by atoms with Crippen molar-refractivity contribution in [1.29, 1.82) is 0 Å². The van der Waals surface area contributed by atoms with Crippen molar-refractivity contribution in [3.05, 3.63) is 63.0 Å². The quantitative estimate of drug-likeness (QED) is 0.391. The maximum atomic E-state index is 12.3. The second-order valence-electron chi connectivity index (χ2n) is 5.77. The number of rotatable bonds is 6. The van der Waals surface area contributed by atoms with Crippen molar-refractivity contribution in [2.45, 2.75) is 13.3 Å². The number of hydrogen-bond acceptors (Lipinski definition) is 6. The lowest BCUT2D eigenvalue weighted by molar-refractivity contribution is -0.133. The number of benzene rings is 2. The van der Waals surface area contributed by atoms with Crippen LogP contribution in [0.15, 0.2) is 51.8 Å². The van der Waals surface area contributed by atoms with Crippen molar-refractivity contribution >= 4 is 50.9 Å². The Bertz CT molecular complexity index is 956. The standard InChI is InChI=1S/C20H16BrNO5S/c1-2-26-16-9-13(10-17-19(24)22-20(25)28-17)5-8-15(16)27-18(23)11-12-3-6-14(21)7-4-12/h3-10H,2,11H2,1H3,(H,22,24,25). The Kier molecular flexibility index (Phi) is 6.53. The van der Waals surface area contributed by atoms with E-state index < -0.39 is 17.1 Å². The lowest BCUT2D eigenvalue weighted by atomic mass is 10.1. The van der Waals surface area contributed by atoms with Crippen molar-refractivity contribution < 1.29 is 23.9 Å². The minimum atomic E-state index is -0.432. The number of amides is 2. The maximum Gasteiger partial charge on any atom is 0.315 e. The van der Waals surface area contributed by atoms with Gasteiger partial charge in [0.15, 0.2) is 11.5 Å². The first-order chi connectivity index (χ1) is 13.4. The predicted octanol–water partition coefficient (Wildman–Crippen LogP) is 4.32. The Morgan fingerprint density at radius 2 is 1.89 bits per heavy atom. The number of carbonyl (C=O) groups excluding carboxylic acids is 3. The molecule has 6 nitrogen and oxygen atoms in total. The number of ether oxygens (including phenoxy) is 2. The van der Waals surface area contributed by atoms with Crippen LogP contribution >= 0.6 is 27.7 Å². The van der Waals surface area contributed by atoms with Crippen molar-refractivity contribution in [3.63, 3.8) is 0 Å². The van der Waals surface area contributed by atoms with Gasteiger partial charge in [-0.15, -0.1) is 0 Å². The molecule has 1 aliphatic rings. The molecule has 3 rings (SSSR count). The lowest BCUT2D eigenvalue weighted by Crippen LogP contribution is -2.17. The number of esters is 1. The van der Waals surface area contributed by atoms with Gasteiger partial charge in [-0.2, -0.15) is 0 Å². The fourth-order valence-corrected chi connectivity index (χ4v) is 3.41. The largest absolute Gasteiger partial charge is 0.490 e. The summed E-state index contributed by atoms with van der Waals surface area (Å²) in [5, 5.41) is 1.80. The number of nitrogens with one attached hydrogen (secondary N) is 1. The van der Waals surface area contributed by atoms with Gasteiger partial charge in [0, 0.05) is 4.47 Å². The zero-order valence-electron chi connectivity index (χ0n) is 14.9. The molecule has 0 bridgehead atoms. The smallest absolute Gasteiger partial charge is 0.315 e. The Morgan fingerprint density at radius 3 is 2.54 bits per heavy atom. The molecule has 2 aromatic rings. The summed E-state index contributed by atoms with van der Waals surface area (Å²) >= 11 is 4.19. The van der Waals surface area contributed by atoms with E-state index in [2.05, 4.69) is 21.2 Å². The highest BCUT2D eigenvalue weighted by molar-refractivity contribution is 9.10. The molecule has 0 aliphatic carbocycles. The van der Waals surface area contributed by atoms with Gasteiger partial charge in [0.1, 0.15) is 0 Å². The van der Waals surface area contributed by atoms with Gasteiger partial charge in [-0.1, -0.05) is 34.1 Å². The zero-order valence-corrected chi connectivity index (χ0v) is 17.3. The molecule has 1 fully saturated rings. The molecule has 144 valence electrons. The Balaban J connectivity index is 1.76. The molecule has 2 amide bonds. The van der Waals surface area contributed by atoms with Gasteiger partial charge in [-0.3, -0.25) is 19.7 Å². The summed E-state index contributed by atoms with van der Waals surface area (Å²) in [5.74, 6) is -0.162. The monoisotopic (exact) mass is 461 g/mol. The molecule has 0 aromatic heterocycles. The Hall–Kier alpha value is -2.58. The normalized spacial score (nSPS) is 14.9. The van der Waals surface area contributed by atoms with Gasteiger partial charge in [0.2, 0.25) is 0 Å². The molecule has 28 heavy (non-hydrogen) atoms. The van der Waals surface area contributed by atoms with Gasteiger partial charge in [0.25, 0.3) is 11.1 Å². The Morgan fingerprint density at radius 1 is 1.14 bits per heavy atom. The first-order valence-corrected chi connectivity index (χ1v) is 10.0. The van der Waals surface area contributed by atoms with Gasteiger partial charge in [0.05, 0.1) is 17.9 Å². The van der Waals surface area contributed by atoms with Crippen LogP contribution in [0, 0.1) is 0 Å². The third-order valence-electron chi connectivity index (χ3n) is 3.69. The summed E-state index contributed by atoms with van der Waals surface area (Å²) < 4.78 is 12.0. The van der Waals surface area contributed by atoms with Crippen molar-refractivity contribution in [3.8, 4) is 11.5 Å². The number of halogens is 1. The van der Waals surface area contributed by atoms with Crippen LogP contribution < -0.4 is 14.8 Å². The van der Waals surface area contributed by atoms with E-state index in [-0.39, 0.29) is 6.42 Å². The second kappa shape index (κ2) is 9.07. The molecule has 2 aromatic carbocycles. The van der Waals surface area contributed by atoms with E-state index in [9.17, 15) is 14.4 Å². The highest BCUT2D eigenvalue weighted by Gasteiger charge is 2.25. The highest BCUT2D eigenvalue weighted by atomic mass is 79.9. The van der Waals surface area contributed by atoms with Crippen LogP contribution in [0.3, 0.4) is 0 Å². The fourth-order valence-electron chi connectivity index (χ4n) is 2.47. The van der Waals surface area contributed by atoms with Crippen LogP contribution in [0.25, 0.3) is 6.08 Å². The summed E-state index contributed by atoms with van der Waals surface area (Å²) in [5.41, 5.74) is 1.49. The van der Waals surface area contributed by atoms with Crippen LogP contribution in [-0.4, -0.2) is 23.7 Å². The van der Waals surface area contributed by atoms with Crippen molar-refractivity contribution in [2.24, 2.45) is 0 Å². The van der Waals surface area contributed by atoms with E-state index in [1.165, 1.54) is 0 Å². The summed E-state index contributed by atoms with van der Waals surface area (Å²) in [6.07, 6.45) is 1.71. The molecule has 0 saturated carbocycles. The average Bonchev–Trinajstić information content (AvgIpc) is 2.96. The third kappa shape index (κ3) is 5.24. The van der Waals surface area contributed by atoms with Crippen LogP contribution in [-0.2, 0) is 16.0 Å². The van der Waals surface area contributed by atoms with E-state index in [0.29, 0.717) is 28.6 Å². The Labute approximate surface area is 174 Å². The van der Waals surface area contributed by atoms with E-state index in [1.54, 1.807) is 24.3 Å². The first-order valence-electron chi connectivity index (χ1n) is 8.41. The highest BCUT2D eigenvalue weighted by Crippen LogP contribution is 2.32. The van der Waals surface area contributed by atoms with E-state index in [4.69, 9.17) is 9.47 Å². The van der Waals surface area contributed by atoms with Crippen LogP contribution in [0.2, 0.25) is 0 Å². The molecule has 0 radical (unpaired) electrons. The van der Waals surface area contributed by atoms with Crippen molar-refractivity contribution in [1.82, 2.24) is 5.32 Å². The summed E-state index contributed by atoms with van der Waals surface area (Å²) in [7, 11) is 0. The fraction of sp³-hybridized carbons (Fsp3) is 0.150. The van der Waals surface area contributed by atoms with E-state index >= 15 is 0 Å². The molecular weight excluding hydrogens is 446 g/mol. The first kappa shape index (κ1) is 20.2. The molecule has 1 aliphatic heterocycles. The molecule has 0 unspecified atom stereocenters. The number of carbonyl (C=O) groups is 3. The molecule has 1 heterocycles. The molecule has 0 spiro atoms. The SMILES string of the molecule is CCOc1cc(C=C2SC(=O)NC2=O)ccc1OC(=O)Cc1ccc(Br)cc1. The number of hydrogen-bond donors (Lipinski definition) is 1. The molecule has 1 N–H and O–H groups in total. The molecule has 8 heteroatoms. The van der Waals surface area contributed by atoms with Crippen LogP contribution in [0.5, 0.6) is 11.5 Å². The summed E-state index contributed by atoms with van der Waals surface area (Å²) in [6, 6.07) is 12.4. The van der Waals surface area contributed by atoms with Gasteiger partial charge < -0.3 is 9.47 Å². The number of imide groups is 1. The van der Waals surface area contributed by atoms with Gasteiger partial charge in [-0.05, 0) is 60.2 Å². The third-order valence-corrected chi connectivity index (χ3v) is 5.03.